The van der Waals surface area contributed by atoms with Gasteiger partial charge in [-0.05, 0) is 52.9 Å². The van der Waals surface area contributed by atoms with Gasteiger partial charge in [-0.3, -0.25) is 0 Å². The molecule has 1 unspecified atom stereocenters. The van der Waals surface area contributed by atoms with Crippen molar-refractivity contribution in [3.63, 3.8) is 0 Å². The van der Waals surface area contributed by atoms with Crippen molar-refractivity contribution >= 4 is 7.12 Å². The van der Waals surface area contributed by atoms with Crippen LogP contribution in [0.4, 0.5) is 0 Å². The van der Waals surface area contributed by atoms with E-state index in [0.29, 0.717) is 5.92 Å². The van der Waals surface area contributed by atoms with Crippen molar-refractivity contribution in [2.45, 2.75) is 58.2 Å². The lowest BCUT2D eigenvalue weighted by molar-refractivity contribution is 0.00578. The molecule has 2 aliphatic rings. The van der Waals surface area contributed by atoms with Crippen LogP contribution in [-0.2, 0) is 9.31 Å². The summed E-state index contributed by atoms with van der Waals surface area (Å²) in [6.45, 7) is 8.35. The smallest absolute Gasteiger partial charge is 0.400 e. The van der Waals surface area contributed by atoms with Crippen LogP contribution in [0.3, 0.4) is 0 Å². The molecule has 0 N–H and O–H groups in total. The number of hydrogen-bond acceptors (Lipinski definition) is 2. The second-order valence-electron chi connectivity index (χ2n) is 6.05. The van der Waals surface area contributed by atoms with Crippen LogP contribution in [-0.4, -0.2) is 18.3 Å². The molecule has 1 aliphatic carbocycles. The summed E-state index contributed by atoms with van der Waals surface area (Å²) >= 11 is 0. The Hall–Kier alpha value is -0.535. The highest BCUT2D eigenvalue weighted by atomic mass is 16.7. The van der Waals surface area contributed by atoms with E-state index in [-0.39, 0.29) is 18.3 Å². The number of hydrogen-bond donors (Lipinski definition) is 0. The zero-order valence-corrected chi connectivity index (χ0v) is 11.4. The summed E-state index contributed by atoms with van der Waals surface area (Å²) in [5.74, 6) is 2.74. The van der Waals surface area contributed by atoms with E-state index in [2.05, 4.69) is 51.9 Å². The monoisotopic (exact) mass is 234 g/mol. The lowest BCUT2D eigenvalue weighted by Gasteiger charge is -2.32. The van der Waals surface area contributed by atoms with Gasteiger partial charge in [0.15, 0.2) is 0 Å². The zero-order valence-electron chi connectivity index (χ0n) is 11.4. The summed E-state index contributed by atoms with van der Waals surface area (Å²) in [7, 11) is -0.189. The molecule has 2 rings (SSSR count). The van der Waals surface area contributed by atoms with Gasteiger partial charge in [-0.25, -0.2) is 0 Å². The van der Waals surface area contributed by atoms with Gasteiger partial charge in [-0.15, -0.1) is 0 Å². The summed E-state index contributed by atoms with van der Waals surface area (Å²) in [4.78, 5) is 0. The van der Waals surface area contributed by atoms with Gasteiger partial charge in [0.1, 0.15) is 0 Å². The maximum absolute atomic E-state index is 5.93. The van der Waals surface area contributed by atoms with Gasteiger partial charge in [-0.2, -0.15) is 0 Å². The molecule has 3 heteroatoms. The van der Waals surface area contributed by atoms with Gasteiger partial charge >= 0.3 is 7.12 Å². The zero-order chi connectivity index (χ0) is 12.5. The first kappa shape index (κ1) is 12.9. The molecule has 0 aromatic rings. The molecule has 17 heavy (non-hydrogen) atoms. The van der Waals surface area contributed by atoms with Gasteiger partial charge in [0, 0.05) is 0 Å². The summed E-state index contributed by atoms with van der Waals surface area (Å²) in [6, 6.07) is 0. The molecule has 1 fully saturated rings. The SMILES string of the molecule is CC1(C)OB(/C=C/C2CC=CCC2)OC1(C)C. The fourth-order valence-corrected chi connectivity index (χ4v) is 2.21. The Bertz CT molecular complexity index is 315. The van der Waals surface area contributed by atoms with Gasteiger partial charge < -0.3 is 9.31 Å². The maximum Gasteiger partial charge on any atom is 0.486 e. The summed E-state index contributed by atoms with van der Waals surface area (Å²) < 4.78 is 11.9. The second-order valence-corrected chi connectivity index (χ2v) is 6.05. The van der Waals surface area contributed by atoms with Crippen molar-refractivity contribution in [1.82, 2.24) is 0 Å². The number of rotatable bonds is 2. The largest absolute Gasteiger partial charge is 0.486 e. The van der Waals surface area contributed by atoms with Crippen LogP contribution in [0.5, 0.6) is 0 Å². The summed E-state index contributed by atoms with van der Waals surface area (Å²) in [6.07, 6.45) is 10.4. The molecule has 0 aromatic heterocycles. The Morgan fingerprint density at radius 3 is 2.29 bits per heavy atom. The Kier molecular flexibility index (Phi) is 3.51. The van der Waals surface area contributed by atoms with Crippen molar-refractivity contribution in [2.75, 3.05) is 0 Å². The van der Waals surface area contributed by atoms with Gasteiger partial charge in [0.05, 0.1) is 11.2 Å². The summed E-state index contributed by atoms with van der Waals surface area (Å²) in [5.41, 5.74) is -0.455. The normalized spacial score (nSPS) is 31.3. The molecule has 2 nitrogen and oxygen atoms in total. The predicted octanol–water partition coefficient (Wildman–Crippen LogP) is 3.53. The summed E-state index contributed by atoms with van der Waals surface area (Å²) in [5, 5.41) is 0. The van der Waals surface area contributed by atoms with E-state index in [9.17, 15) is 0 Å². The Morgan fingerprint density at radius 2 is 1.76 bits per heavy atom. The second kappa shape index (κ2) is 4.62. The lowest BCUT2D eigenvalue weighted by atomic mass is 9.85. The van der Waals surface area contributed by atoms with E-state index in [1.54, 1.807) is 0 Å². The van der Waals surface area contributed by atoms with E-state index >= 15 is 0 Å². The van der Waals surface area contributed by atoms with Crippen LogP contribution < -0.4 is 0 Å². The Morgan fingerprint density at radius 1 is 1.12 bits per heavy atom. The third-order valence-corrected chi connectivity index (χ3v) is 4.12. The first-order chi connectivity index (χ1) is 7.91. The molecule has 1 heterocycles. The van der Waals surface area contributed by atoms with Gasteiger partial charge in [0.2, 0.25) is 0 Å². The Labute approximate surface area is 105 Å². The van der Waals surface area contributed by atoms with Crippen LogP contribution in [0.25, 0.3) is 0 Å². The fourth-order valence-electron chi connectivity index (χ4n) is 2.21. The van der Waals surface area contributed by atoms with E-state index in [1.165, 1.54) is 12.8 Å². The van der Waals surface area contributed by atoms with Crippen LogP contribution in [0.2, 0.25) is 0 Å². The van der Waals surface area contributed by atoms with Crippen molar-refractivity contribution in [3.05, 3.63) is 24.2 Å². The first-order valence-corrected chi connectivity index (χ1v) is 6.60. The lowest BCUT2D eigenvalue weighted by Crippen LogP contribution is -2.41. The van der Waals surface area contributed by atoms with E-state index in [4.69, 9.17) is 9.31 Å². The molecule has 94 valence electrons. The molecule has 0 radical (unpaired) electrons. The van der Waals surface area contributed by atoms with Crippen molar-refractivity contribution in [3.8, 4) is 0 Å². The number of allylic oxidation sites excluding steroid dienone is 3. The fraction of sp³-hybridized carbons (Fsp3) is 0.714. The molecule has 1 saturated heterocycles. The minimum Gasteiger partial charge on any atom is -0.400 e. The minimum atomic E-state index is -0.228. The molecular weight excluding hydrogens is 211 g/mol. The maximum atomic E-state index is 5.93. The Balaban J connectivity index is 1.93. The average Bonchev–Trinajstić information content (AvgIpc) is 2.46. The third-order valence-electron chi connectivity index (χ3n) is 4.12. The van der Waals surface area contributed by atoms with E-state index in [0.717, 1.165) is 6.42 Å². The minimum absolute atomic E-state index is 0.189. The quantitative estimate of drug-likeness (QED) is 0.537. The molecule has 1 aliphatic heterocycles. The molecule has 0 amide bonds. The van der Waals surface area contributed by atoms with Crippen molar-refractivity contribution in [1.29, 1.82) is 0 Å². The van der Waals surface area contributed by atoms with Gasteiger partial charge in [-0.1, -0.05) is 24.2 Å². The molecule has 0 saturated carbocycles. The van der Waals surface area contributed by atoms with Crippen LogP contribution in [0.1, 0.15) is 47.0 Å². The predicted molar refractivity (Wildman–Crippen MR) is 71.7 cm³/mol. The standard InChI is InChI=1S/C14H23BO2/c1-13(2)14(3,4)17-15(16-13)11-10-12-8-6-5-7-9-12/h5-6,10-12H,7-9H2,1-4H3/b11-10+. The molecular formula is C14H23BO2. The van der Waals surface area contributed by atoms with Crippen molar-refractivity contribution < 1.29 is 9.31 Å². The van der Waals surface area contributed by atoms with Crippen molar-refractivity contribution in [2.24, 2.45) is 5.92 Å². The third kappa shape index (κ3) is 2.83. The molecule has 0 aromatic carbocycles. The average molecular weight is 234 g/mol. The van der Waals surface area contributed by atoms with Crippen LogP contribution in [0.15, 0.2) is 24.2 Å². The molecule has 1 atom stereocenters. The van der Waals surface area contributed by atoms with Crippen LogP contribution >= 0.6 is 0 Å². The van der Waals surface area contributed by atoms with E-state index < -0.39 is 0 Å². The van der Waals surface area contributed by atoms with Crippen LogP contribution in [0, 0.1) is 5.92 Å². The molecule has 0 spiro atoms. The highest BCUT2D eigenvalue weighted by Gasteiger charge is 2.50. The topological polar surface area (TPSA) is 18.5 Å². The highest BCUT2D eigenvalue weighted by Crippen LogP contribution is 2.37. The first-order valence-electron chi connectivity index (χ1n) is 6.60. The van der Waals surface area contributed by atoms with E-state index in [1.807, 2.05) is 0 Å². The highest BCUT2D eigenvalue weighted by molar-refractivity contribution is 6.51. The van der Waals surface area contributed by atoms with Gasteiger partial charge in [0.25, 0.3) is 0 Å². The molecule has 0 bridgehead atoms.